The van der Waals surface area contributed by atoms with Gasteiger partial charge in [-0.2, -0.15) is 18.3 Å². The number of anilines is 1. The van der Waals surface area contributed by atoms with Gasteiger partial charge < -0.3 is 20.1 Å². The van der Waals surface area contributed by atoms with Gasteiger partial charge in [-0.3, -0.25) is 4.68 Å². The number of aromatic nitrogens is 2. The van der Waals surface area contributed by atoms with Crippen molar-refractivity contribution >= 4 is 34.6 Å². The molecule has 6 nitrogen and oxygen atoms in total. The van der Waals surface area contributed by atoms with Gasteiger partial charge in [-0.15, -0.1) is 0 Å². The summed E-state index contributed by atoms with van der Waals surface area (Å²) in [6.45, 7) is 2.20. The molecule has 1 aromatic heterocycles. The molecule has 0 fully saturated rings. The Kier molecular flexibility index (Phi) is 7.36. The zero-order valence-electron chi connectivity index (χ0n) is 15.5. The van der Waals surface area contributed by atoms with Crippen LogP contribution in [0.5, 0.6) is 11.5 Å². The number of nitrogens with zero attached hydrogens (tertiary/aromatic N) is 2. The van der Waals surface area contributed by atoms with Crippen LogP contribution in [-0.2, 0) is 12.7 Å². The normalized spacial score (nSPS) is 11.2. The van der Waals surface area contributed by atoms with Gasteiger partial charge in [-0.05, 0) is 25.6 Å². The zero-order valence-corrected chi connectivity index (χ0v) is 17.1. The molecule has 28 heavy (non-hydrogen) atoms. The van der Waals surface area contributed by atoms with Crippen molar-refractivity contribution in [1.29, 1.82) is 0 Å². The summed E-state index contributed by atoms with van der Waals surface area (Å²) in [5, 5.41) is 9.54. The number of thiocarbonyl (C=S) groups is 1. The summed E-state index contributed by atoms with van der Waals surface area (Å²) >= 11 is 11.0. The molecule has 2 N–H and O–H groups in total. The maximum atomic E-state index is 12.8. The van der Waals surface area contributed by atoms with Gasteiger partial charge >= 0.3 is 6.18 Å². The van der Waals surface area contributed by atoms with Crippen molar-refractivity contribution < 1.29 is 22.6 Å². The molecule has 0 radical (unpaired) electrons. The number of aryl methyl sites for hydroxylation is 1. The van der Waals surface area contributed by atoms with E-state index in [4.69, 9.17) is 33.3 Å². The molecule has 1 heterocycles. The first-order valence-electron chi connectivity index (χ1n) is 8.23. The standard InChI is InChI=1S/C17H20ClF3N4O2S/c1-10-14(18)15(17(19,20)21)24-25(10)6-4-5-22-16(28)23-11-7-12(26-2)9-13(8-11)27-3/h7-9H,4-6H2,1-3H3,(H2,22,23,28). The lowest BCUT2D eigenvalue weighted by molar-refractivity contribution is -0.141. The molecule has 0 aliphatic rings. The van der Waals surface area contributed by atoms with Gasteiger partial charge in [0.25, 0.3) is 0 Å². The Morgan fingerprint density at radius 2 is 1.82 bits per heavy atom. The van der Waals surface area contributed by atoms with Gasteiger partial charge in [-0.25, -0.2) is 0 Å². The lowest BCUT2D eigenvalue weighted by Crippen LogP contribution is -2.29. The third kappa shape index (κ3) is 5.65. The maximum Gasteiger partial charge on any atom is 0.436 e. The van der Waals surface area contributed by atoms with Crippen molar-refractivity contribution in [2.75, 3.05) is 26.1 Å². The average Bonchev–Trinajstić information content (AvgIpc) is 2.93. The molecule has 0 spiro atoms. The number of benzene rings is 1. The van der Waals surface area contributed by atoms with E-state index < -0.39 is 11.9 Å². The second kappa shape index (κ2) is 9.33. The molecule has 0 aliphatic heterocycles. The van der Waals surface area contributed by atoms with Crippen molar-refractivity contribution in [2.45, 2.75) is 26.1 Å². The van der Waals surface area contributed by atoms with E-state index in [2.05, 4.69) is 15.7 Å². The molecule has 154 valence electrons. The van der Waals surface area contributed by atoms with Gasteiger partial charge in [0.05, 0.1) is 24.9 Å². The van der Waals surface area contributed by atoms with Crippen LogP contribution in [0.4, 0.5) is 18.9 Å². The molecule has 11 heteroatoms. The molecule has 0 unspecified atom stereocenters. The first-order valence-corrected chi connectivity index (χ1v) is 9.02. The van der Waals surface area contributed by atoms with Crippen LogP contribution in [0.3, 0.4) is 0 Å². The molecule has 0 aliphatic carbocycles. The molecule has 2 rings (SSSR count). The Hall–Kier alpha value is -2.20. The molecular formula is C17H20ClF3N4O2S. The lowest BCUT2D eigenvalue weighted by atomic mass is 10.3. The van der Waals surface area contributed by atoms with Crippen molar-refractivity contribution in [2.24, 2.45) is 0 Å². The van der Waals surface area contributed by atoms with Crippen molar-refractivity contribution in [3.8, 4) is 11.5 Å². The predicted octanol–water partition coefficient (Wildman–Crippen LogP) is 4.26. The number of alkyl halides is 3. The predicted molar refractivity (Wildman–Crippen MR) is 105 cm³/mol. The number of hydrogen-bond donors (Lipinski definition) is 2. The summed E-state index contributed by atoms with van der Waals surface area (Å²) in [4.78, 5) is 0. The minimum Gasteiger partial charge on any atom is -0.497 e. The first kappa shape index (κ1) is 22.1. The van der Waals surface area contributed by atoms with E-state index in [1.54, 1.807) is 32.4 Å². The topological polar surface area (TPSA) is 60.3 Å². The summed E-state index contributed by atoms with van der Waals surface area (Å²) < 4.78 is 50.1. The number of rotatable bonds is 7. The second-order valence-electron chi connectivity index (χ2n) is 5.80. The Balaban J connectivity index is 1.87. The van der Waals surface area contributed by atoms with E-state index >= 15 is 0 Å². The van der Waals surface area contributed by atoms with Crippen LogP contribution in [0.25, 0.3) is 0 Å². The SMILES string of the molecule is COc1cc(NC(=S)NCCCn2nc(C(F)(F)F)c(Cl)c2C)cc(OC)c1. The number of nitrogens with one attached hydrogen (secondary N) is 2. The van der Waals surface area contributed by atoms with E-state index in [0.717, 1.165) is 0 Å². The number of hydrogen-bond acceptors (Lipinski definition) is 4. The van der Waals surface area contributed by atoms with Crippen molar-refractivity contribution in [1.82, 2.24) is 15.1 Å². The highest BCUT2D eigenvalue weighted by atomic mass is 35.5. The molecule has 0 bridgehead atoms. The third-order valence-electron chi connectivity index (χ3n) is 3.84. The Morgan fingerprint density at radius 3 is 2.32 bits per heavy atom. The molecule has 0 saturated heterocycles. The van der Waals surface area contributed by atoms with Gasteiger partial charge in [0.2, 0.25) is 0 Å². The van der Waals surface area contributed by atoms with Crippen LogP contribution in [0.1, 0.15) is 17.8 Å². The van der Waals surface area contributed by atoms with E-state index in [9.17, 15) is 13.2 Å². The van der Waals surface area contributed by atoms with Crippen LogP contribution < -0.4 is 20.1 Å². The van der Waals surface area contributed by atoms with Crippen molar-refractivity contribution in [3.05, 3.63) is 34.6 Å². The number of methoxy groups -OCH3 is 2. The van der Waals surface area contributed by atoms with Crippen LogP contribution in [-0.4, -0.2) is 35.7 Å². The highest BCUT2D eigenvalue weighted by molar-refractivity contribution is 7.80. The molecular weight excluding hydrogens is 417 g/mol. The van der Waals surface area contributed by atoms with Gasteiger partial charge in [-0.1, -0.05) is 11.6 Å². The Labute approximate surface area is 171 Å². The molecule has 0 saturated carbocycles. The number of halogens is 4. The summed E-state index contributed by atoms with van der Waals surface area (Å²) in [7, 11) is 3.09. The van der Waals surface area contributed by atoms with Crippen LogP contribution in [0.15, 0.2) is 18.2 Å². The summed E-state index contributed by atoms with van der Waals surface area (Å²) in [5.74, 6) is 1.22. The fraction of sp³-hybridized carbons (Fsp3) is 0.412. The average molecular weight is 437 g/mol. The van der Waals surface area contributed by atoms with E-state index in [-0.39, 0.29) is 17.3 Å². The smallest absolute Gasteiger partial charge is 0.436 e. The van der Waals surface area contributed by atoms with Gasteiger partial charge in [0.1, 0.15) is 11.5 Å². The van der Waals surface area contributed by atoms with E-state index in [0.29, 0.717) is 35.3 Å². The second-order valence-corrected chi connectivity index (χ2v) is 6.59. The maximum absolute atomic E-state index is 12.8. The fourth-order valence-corrected chi connectivity index (χ4v) is 2.87. The van der Waals surface area contributed by atoms with Gasteiger partial charge in [0.15, 0.2) is 10.8 Å². The molecule has 2 aromatic rings. The van der Waals surface area contributed by atoms with Crippen LogP contribution in [0.2, 0.25) is 5.02 Å². The first-order chi connectivity index (χ1) is 13.2. The molecule has 0 atom stereocenters. The molecule has 1 aromatic carbocycles. The quantitative estimate of drug-likeness (QED) is 0.499. The summed E-state index contributed by atoms with van der Waals surface area (Å²) in [6.07, 6.45) is -4.08. The lowest BCUT2D eigenvalue weighted by Gasteiger charge is -2.13. The summed E-state index contributed by atoms with van der Waals surface area (Å²) in [5.41, 5.74) is -0.111. The van der Waals surface area contributed by atoms with E-state index in [1.165, 1.54) is 11.6 Å². The molecule has 0 amide bonds. The Morgan fingerprint density at radius 1 is 1.21 bits per heavy atom. The largest absolute Gasteiger partial charge is 0.497 e. The van der Waals surface area contributed by atoms with Crippen LogP contribution in [0, 0.1) is 6.92 Å². The summed E-state index contributed by atoms with van der Waals surface area (Å²) in [6, 6.07) is 5.24. The van der Waals surface area contributed by atoms with Crippen LogP contribution >= 0.6 is 23.8 Å². The van der Waals surface area contributed by atoms with Crippen molar-refractivity contribution in [3.63, 3.8) is 0 Å². The minimum atomic E-state index is -4.57. The third-order valence-corrected chi connectivity index (χ3v) is 4.54. The minimum absolute atomic E-state index is 0.268. The monoisotopic (exact) mass is 436 g/mol. The van der Waals surface area contributed by atoms with Gasteiger partial charge in [0, 0.05) is 37.0 Å². The fourth-order valence-electron chi connectivity index (χ4n) is 2.41. The highest BCUT2D eigenvalue weighted by Gasteiger charge is 2.38. The van der Waals surface area contributed by atoms with E-state index in [1.807, 2.05) is 0 Å². The highest BCUT2D eigenvalue weighted by Crippen LogP contribution is 2.35. The Bertz CT molecular complexity index is 820. The zero-order chi connectivity index (χ0) is 20.9. The number of ether oxygens (including phenoxy) is 2.